The lowest BCUT2D eigenvalue weighted by Crippen LogP contribution is -2.30. The molecule has 0 amide bonds. The Bertz CT molecular complexity index is 1370. The van der Waals surface area contributed by atoms with E-state index in [0.29, 0.717) is 12.8 Å². The van der Waals surface area contributed by atoms with Crippen LogP contribution in [0.15, 0.2) is 122 Å². The molecule has 0 aliphatic rings. The highest BCUT2D eigenvalue weighted by Crippen LogP contribution is 2.12. The molecule has 0 saturated heterocycles. The zero-order valence-corrected chi connectivity index (χ0v) is 40.3. The van der Waals surface area contributed by atoms with Crippen LogP contribution >= 0.6 is 0 Å². The summed E-state index contributed by atoms with van der Waals surface area (Å²) in [4.78, 5) is 37.9. The summed E-state index contributed by atoms with van der Waals surface area (Å²) in [5.41, 5.74) is 0. The Hall–Kier alpha value is -4.19. The zero-order chi connectivity index (χ0) is 45.8. The van der Waals surface area contributed by atoms with E-state index in [2.05, 4.69) is 87.6 Å². The normalized spacial score (nSPS) is 13.1. The molecular weight excluding hydrogens is 781 g/mol. The van der Waals surface area contributed by atoms with Crippen LogP contribution in [0.2, 0.25) is 0 Å². The number of hydrogen-bond donors (Lipinski definition) is 0. The van der Waals surface area contributed by atoms with Crippen LogP contribution in [0.3, 0.4) is 0 Å². The first kappa shape index (κ1) is 58.8. The van der Waals surface area contributed by atoms with Crippen molar-refractivity contribution < 1.29 is 28.6 Å². The van der Waals surface area contributed by atoms with Gasteiger partial charge in [0.05, 0.1) is 0 Å². The van der Waals surface area contributed by atoms with Crippen molar-refractivity contribution in [1.82, 2.24) is 0 Å². The molecule has 0 aromatic rings. The fourth-order valence-electron chi connectivity index (χ4n) is 6.36. The van der Waals surface area contributed by atoms with E-state index in [1.165, 1.54) is 64.2 Å². The molecule has 0 fully saturated rings. The Balaban J connectivity index is 4.57. The van der Waals surface area contributed by atoms with Crippen molar-refractivity contribution in [2.24, 2.45) is 0 Å². The summed E-state index contributed by atoms with van der Waals surface area (Å²) in [5, 5.41) is 0. The SMILES string of the molecule is CC/C=C/C=C/C=C/C=C/C=C/CCCC(=O)OCC(COC(=O)CCCCCCC/C=C/C=C/C=C/C=C/CCCCC)OC(=O)CCCCC/C=C/CCCCCCCCC. The van der Waals surface area contributed by atoms with Gasteiger partial charge >= 0.3 is 17.9 Å². The summed E-state index contributed by atoms with van der Waals surface area (Å²) in [6.07, 6.45) is 69.0. The number of rotatable bonds is 43. The molecule has 6 nitrogen and oxygen atoms in total. The first-order valence-electron chi connectivity index (χ1n) is 25.2. The molecule has 63 heavy (non-hydrogen) atoms. The lowest BCUT2D eigenvalue weighted by Gasteiger charge is -2.18. The van der Waals surface area contributed by atoms with Gasteiger partial charge in [-0.1, -0.05) is 219 Å². The van der Waals surface area contributed by atoms with E-state index in [1.807, 2.05) is 54.7 Å². The Morgan fingerprint density at radius 3 is 1.13 bits per heavy atom. The quantitative estimate of drug-likeness (QED) is 0.0200. The summed E-state index contributed by atoms with van der Waals surface area (Å²) in [6, 6.07) is 0. The van der Waals surface area contributed by atoms with Crippen molar-refractivity contribution in [1.29, 1.82) is 0 Å². The minimum atomic E-state index is -0.827. The highest BCUT2D eigenvalue weighted by Gasteiger charge is 2.19. The van der Waals surface area contributed by atoms with Crippen molar-refractivity contribution in [3.8, 4) is 0 Å². The van der Waals surface area contributed by atoms with Gasteiger partial charge in [-0.25, -0.2) is 0 Å². The molecule has 6 heteroatoms. The topological polar surface area (TPSA) is 78.9 Å². The molecule has 354 valence electrons. The first-order chi connectivity index (χ1) is 31.0. The number of ether oxygens (including phenoxy) is 3. The molecule has 0 heterocycles. The smallest absolute Gasteiger partial charge is 0.306 e. The molecule has 0 aromatic heterocycles. The Labute approximate surface area is 386 Å². The van der Waals surface area contributed by atoms with E-state index in [9.17, 15) is 14.4 Å². The van der Waals surface area contributed by atoms with Gasteiger partial charge in [0.2, 0.25) is 0 Å². The molecule has 1 unspecified atom stereocenters. The van der Waals surface area contributed by atoms with Crippen LogP contribution < -0.4 is 0 Å². The summed E-state index contributed by atoms with van der Waals surface area (Å²) >= 11 is 0. The summed E-state index contributed by atoms with van der Waals surface area (Å²) < 4.78 is 16.7. The lowest BCUT2D eigenvalue weighted by molar-refractivity contribution is -0.167. The van der Waals surface area contributed by atoms with Crippen LogP contribution in [0, 0.1) is 0 Å². The number of carbonyl (C=O) groups is 3. The predicted molar refractivity (Wildman–Crippen MR) is 269 cm³/mol. The van der Waals surface area contributed by atoms with Crippen molar-refractivity contribution in [2.75, 3.05) is 13.2 Å². The van der Waals surface area contributed by atoms with Crippen LogP contribution in [0.5, 0.6) is 0 Å². The molecule has 0 saturated carbocycles. The van der Waals surface area contributed by atoms with E-state index in [1.54, 1.807) is 0 Å². The van der Waals surface area contributed by atoms with Gasteiger partial charge in [-0.2, -0.15) is 0 Å². The molecule has 0 aliphatic heterocycles. The minimum Gasteiger partial charge on any atom is -0.462 e. The maximum Gasteiger partial charge on any atom is 0.306 e. The van der Waals surface area contributed by atoms with Gasteiger partial charge < -0.3 is 14.2 Å². The Morgan fingerprint density at radius 2 is 0.651 bits per heavy atom. The number of hydrogen-bond acceptors (Lipinski definition) is 6. The van der Waals surface area contributed by atoms with Gasteiger partial charge in [-0.05, 0) is 83.5 Å². The van der Waals surface area contributed by atoms with Crippen LogP contribution in [-0.2, 0) is 28.6 Å². The van der Waals surface area contributed by atoms with E-state index >= 15 is 0 Å². The molecule has 0 N–H and O–H groups in total. The molecule has 0 radical (unpaired) electrons. The number of carbonyl (C=O) groups excluding carboxylic acids is 3. The fraction of sp³-hybridized carbons (Fsp3) is 0.596. The maximum atomic E-state index is 12.8. The third kappa shape index (κ3) is 48.7. The average molecular weight is 871 g/mol. The van der Waals surface area contributed by atoms with Gasteiger partial charge in [0.1, 0.15) is 13.2 Å². The van der Waals surface area contributed by atoms with Gasteiger partial charge in [-0.15, -0.1) is 0 Å². The molecule has 1 atom stereocenters. The standard InChI is InChI=1S/C57H90O6/c1-4-7-10-13-16-19-22-25-27-28-29-30-33-35-38-41-44-47-50-56(59)62-53-54(52-61-55(58)49-46-43-40-37-34-31-24-21-18-15-12-9-6-3)63-57(60)51-48-45-42-39-36-32-26-23-20-17-14-11-8-5-2/h9,12,15-16,18-19,21-22,24-25,27-32,34,36-37,40,54H,4-8,10-11,13-14,17,20,23,26,33,35,38-39,41-53H2,1-3H3/b12-9+,18-15+,19-16+,24-21+,25-22+,28-27+,30-29+,34-31+,36-32+,40-37+. The molecule has 0 rings (SSSR count). The highest BCUT2D eigenvalue weighted by molar-refractivity contribution is 5.71. The third-order valence-corrected chi connectivity index (χ3v) is 10.1. The highest BCUT2D eigenvalue weighted by atomic mass is 16.6. The summed E-state index contributed by atoms with van der Waals surface area (Å²) in [7, 11) is 0. The number of esters is 3. The molecule has 0 aliphatic carbocycles. The van der Waals surface area contributed by atoms with E-state index in [-0.39, 0.29) is 44.0 Å². The zero-order valence-electron chi connectivity index (χ0n) is 40.3. The van der Waals surface area contributed by atoms with Gasteiger partial charge in [-0.3, -0.25) is 14.4 Å². The number of unbranched alkanes of at least 4 members (excludes halogenated alkanes) is 19. The van der Waals surface area contributed by atoms with Crippen molar-refractivity contribution in [3.05, 3.63) is 122 Å². The second-order valence-electron chi connectivity index (χ2n) is 16.2. The van der Waals surface area contributed by atoms with Crippen LogP contribution in [0.1, 0.15) is 201 Å². The molecule has 0 bridgehead atoms. The van der Waals surface area contributed by atoms with Crippen molar-refractivity contribution in [3.63, 3.8) is 0 Å². The second-order valence-corrected chi connectivity index (χ2v) is 16.2. The summed E-state index contributed by atoms with van der Waals surface area (Å²) in [6.45, 7) is 6.33. The van der Waals surface area contributed by atoms with Gasteiger partial charge in [0.25, 0.3) is 0 Å². The summed E-state index contributed by atoms with van der Waals surface area (Å²) in [5.74, 6) is -1.04. The van der Waals surface area contributed by atoms with E-state index < -0.39 is 6.10 Å². The fourth-order valence-corrected chi connectivity index (χ4v) is 6.36. The van der Waals surface area contributed by atoms with Gasteiger partial charge in [0.15, 0.2) is 6.10 Å². The Morgan fingerprint density at radius 1 is 0.333 bits per heavy atom. The lowest BCUT2D eigenvalue weighted by atomic mass is 10.1. The van der Waals surface area contributed by atoms with Crippen LogP contribution in [0.4, 0.5) is 0 Å². The van der Waals surface area contributed by atoms with Crippen molar-refractivity contribution >= 4 is 17.9 Å². The van der Waals surface area contributed by atoms with Crippen molar-refractivity contribution in [2.45, 2.75) is 207 Å². The van der Waals surface area contributed by atoms with E-state index in [0.717, 1.165) is 89.9 Å². The second kappa shape index (κ2) is 50.5. The third-order valence-electron chi connectivity index (χ3n) is 10.1. The van der Waals surface area contributed by atoms with E-state index in [4.69, 9.17) is 14.2 Å². The number of allylic oxidation sites excluding steroid dienone is 20. The van der Waals surface area contributed by atoms with Crippen LogP contribution in [0.25, 0.3) is 0 Å². The predicted octanol–water partition coefficient (Wildman–Crippen LogP) is 16.5. The average Bonchev–Trinajstić information content (AvgIpc) is 3.28. The Kier molecular flexibility index (Phi) is 47.1. The maximum absolute atomic E-state index is 12.8. The molecular formula is C57H90O6. The monoisotopic (exact) mass is 871 g/mol. The first-order valence-corrected chi connectivity index (χ1v) is 25.2. The minimum absolute atomic E-state index is 0.123. The molecule has 0 spiro atoms. The van der Waals surface area contributed by atoms with Gasteiger partial charge in [0, 0.05) is 19.3 Å². The van der Waals surface area contributed by atoms with Crippen LogP contribution in [-0.4, -0.2) is 37.2 Å². The largest absolute Gasteiger partial charge is 0.462 e. The molecule has 0 aromatic carbocycles.